The van der Waals surface area contributed by atoms with E-state index in [1.54, 1.807) is 0 Å². The molecular formula is C12H11NO6. The van der Waals surface area contributed by atoms with Gasteiger partial charge in [-0.2, -0.15) is 0 Å². The van der Waals surface area contributed by atoms with Crippen molar-refractivity contribution in [3.05, 3.63) is 35.4 Å². The molecule has 0 aliphatic heterocycles. The average molecular weight is 265 g/mol. The molecule has 0 aliphatic rings. The fourth-order valence-electron chi connectivity index (χ4n) is 1.27. The number of amides is 1. The van der Waals surface area contributed by atoms with Crippen LogP contribution in [-0.2, 0) is 9.59 Å². The number of hydrogen-bond acceptors (Lipinski definition) is 4. The zero-order chi connectivity index (χ0) is 14.6. The second kappa shape index (κ2) is 5.67. The fraction of sp³-hybridized carbons (Fsp3) is 0.0833. The lowest BCUT2D eigenvalue weighted by Crippen LogP contribution is -2.14. The lowest BCUT2D eigenvalue weighted by atomic mass is 10.1. The first kappa shape index (κ1) is 14.2. The molecule has 7 heteroatoms. The number of hydrogen-bond donors (Lipinski definition) is 4. The number of phenols is 1. The van der Waals surface area contributed by atoms with Gasteiger partial charge < -0.3 is 20.6 Å². The van der Waals surface area contributed by atoms with Crippen LogP contribution >= 0.6 is 0 Å². The van der Waals surface area contributed by atoms with E-state index in [0.717, 1.165) is 18.2 Å². The van der Waals surface area contributed by atoms with Gasteiger partial charge in [0.2, 0.25) is 0 Å². The van der Waals surface area contributed by atoms with E-state index in [1.807, 2.05) is 0 Å². The zero-order valence-corrected chi connectivity index (χ0v) is 9.88. The number of rotatable bonds is 4. The van der Waals surface area contributed by atoms with E-state index in [1.165, 1.54) is 13.0 Å². The largest absolute Gasteiger partial charge is 0.507 e. The lowest BCUT2D eigenvalue weighted by Gasteiger charge is -2.06. The Kier molecular flexibility index (Phi) is 4.25. The predicted molar refractivity (Wildman–Crippen MR) is 65.1 cm³/mol. The van der Waals surface area contributed by atoms with Crippen LogP contribution in [0.15, 0.2) is 29.8 Å². The molecule has 4 N–H and O–H groups in total. The second-order valence-corrected chi connectivity index (χ2v) is 3.66. The molecule has 1 aromatic rings. The van der Waals surface area contributed by atoms with E-state index >= 15 is 0 Å². The third kappa shape index (κ3) is 3.84. The molecule has 0 bridgehead atoms. The normalized spacial score (nSPS) is 10.9. The molecule has 19 heavy (non-hydrogen) atoms. The number of carboxylic acids is 2. The molecule has 1 amide bonds. The van der Waals surface area contributed by atoms with Gasteiger partial charge >= 0.3 is 11.9 Å². The second-order valence-electron chi connectivity index (χ2n) is 3.66. The van der Waals surface area contributed by atoms with Crippen molar-refractivity contribution in [3.63, 3.8) is 0 Å². The van der Waals surface area contributed by atoms with Crippen molar-refractivity contribution in [1.29, 1.82) is 0 Å². The van der Waals surface area contributed by atoms with Gasteiger partial charge in [0, 0.05) is 23.4 Å². The molecule has 0 radical (unpaired) electrons. The Balaban J connectivity index is 2.90. The monoisotopic (exact) mass is 265 g/mol. The number of benzene rings is 1. The van der Waals surface area contributed by atoms with Gasteiger partial charge in [-0.25, -0.2) is 9.59 Å². The zero-order valence-electron chi connectivity index (χ0n) is 9.88. The Morgan fingerprint density at radius 3 is 2.32 bits per heavy atom. The number of carboxylic acid groups (broad SMARTS) is 2. The summed E-state index contributed by atoms with van der Waals surface area (Å²) in [6.45, 7) is 1.31. The van der Waals surface area contributed by atoms with Crippen LogP contribution in [0.3, 0.4) is 0 Å². The van der Waals surface area contributed by atoms with Crippen molar-refractivity contribution in [2.75, 3.05) is 5.32 Å². The molecule has 0 saturated heterocycles. The maximum absolute atomic E-state index is 11.5. The highest BCUT2D eigenvalue weighted by Gasteiger charge is 2.12. The number of nitrogens with one attached hydrogen (secondary N) is 1. The molecule has 0 aromatic heterocycles. The van der Waals surface area contributed by atoms with Crippen LogP contribution in [0.2, 0.25) is 0 Å². The Morgan fingerprint density at radius 2 is 1.84 bits per heavy atom. The maximum Gasteiger partial charge on any atom is 0.339 e. The van der Waals surface area contributed by atoms with Crippen LogP contribution in [0.5, 0.6) is 5.75 Å². The van der Waals surface area contributed by atoms with Crippen molar-refractivity contribution in [3.8, 4) is 5.75 Å². The van der Waals surface area contributed by atoms with E-state index in [-0.39, 0.29) is 16.8 Å². The van der Waals surface area contributed by atoms with Gasteiger partial charge in [-0.05, 0) is 19.1 Å². The summed E-state index contributed by atoms with van der Waals surface area (Å²) < 4.78 is 0. The highest BCUT2D eigenvalue weighted by atomic mass is 16.4. The molecule has 0 atom stereocenters. The Morgan fingerprint density at radius 1 is 1.21 bits per heavy atom. The minimum Gasteiger partial charge on any atom is -0.507 e. The van der Waals surface area contributed by atoms with E-state index in [0.29, 0.717) is 0 Å². The van der Waals surface area contributed by atoms with E-state index in [4.69, 9.17) is 10.2 Å². The van der Waals surface area contributed by atoms with E-state index < -0.39 is 23.6 Å². The Bertz CT molecular complexity index is 576. The summed E-state index contributed by atoms with van der Waals surface area (Å²) in [6, 6.07) is 3.48. The molecule has 0 unspecified atom stereocenters. The summed E-state index contributed by atoms with van der Waals surface area (Å²) in [5.74, 6) is -3.70. The van der Waals surface area contributed by atoms with Gasteiger partial charge in [0.05, 0.1) is 0 Å². The average Bonchev–Trinajstić information content (AvgIpc) is 2.27. The fourth-order valence-corrected chi connectivity index (χ4v) is 1.27. The Labute approximate surface area is 107 Å². The van der Waals surface area contributed by atoms with Gasteiger partial charge in [0.1, 0.15) is 11.3 Å². The van der Waals surface area contributed by atoms with Gasteiger partial charge in [-0.15, -0.1) is 0 Å². The van der Waals surface area contributed by atoms with Crippen LogP contribution < -0.4 is 5.32 Å². The highest BCUT2D eigenvalue weighted by Crippen LogP contribution is 2.22. The number of aromatic carboxylic acids is 1. The summed E-state index contributed by atoms with van der Waals surface area (Å²) in [7, 11) is 0. The number of aliphatic carboxylic acids is 1. The van der Waals surface area contributed by atoms with E-state index in [2.05, 4.69) is 5.32 Å². The molecule has 0 fully saturated rings. The minimum atomic E-state index is -1.29. The highest BCUT2D eigenvalue weighted by molar-refractivity contribution is 6.06. The minimum absolute atomic E-state index is 0.0331. The molecule has 1 rings (SSSR count). The summed E-state index contributed by atoms with van der Waals surface area (Å²) in [5, 5.41) is 28.9. The topological polar surface area (TPSA) is 124 Å². The van der Waals surface area contributed by atoms with Crippen LogP contribution in [0.1, 0.15) is 17.3 Å². The number of carbonyl (C=O) groups is 3. The molecule has 0 heterocycles. The van der Waals surface area contributed by atoms with Crippen molar-refractivity contribution < 1.29 is 29.7 Å². The lowest BCUT2D eigenvalue weighted by molar-refractivity contribution is -0.131. The van der Waals surface area contributed by atoms with Crippen LogP contribution in [0, 0.1) is 0 Å². The van der Waals surface area contributed by atoms with Crippen molar-refractivity contribution in [2.24, 2.45) is 0 Å². The van der Waals surface area contributed by atoms with Crippen LogP contribution in [-0.4, -0.2) is 33.2 Å². The first-order valence-electron chi connectivity index (χ1n) is 5.10. The quantitative estimate of drug-likeness (QED) is 0.603. The Hall–Kier alpha value is -2.83. The van der Waals surface area contributed by atoms with Crippen molar-refractivity contribution in [1.82, 2.24) is 0 Å². The standard InChI is InChI=1S/C12H11NO6/c1-6(4-10(15)16)11(17)13-7-2-3-8(12(18)19)9(14)5-7/h2-5,14H,1H3,(H,13,17)(H,15,16)(H,18,19)/b6-4+. The molecular weight excluding hydrogens is 254 g/mol. The third-order valence-corrected chi connectivity index (χ3v) is 2.18. The maximum atomic E-state index is 11.5. The molecule has 7 nitrogen and oxygen atoms in total. The third-order valence-electron chi connectivity index (χ3n) is 2.18. The van der Waals surface area contributed by atoms with Crippen LogP contribution in [0.25, 0.3) is 0 Å². The van der Waals surface area contributed by atoms with Gasteiger partial charge in [-0.1, -0.05) is 0 Å². The molecule has 100 valence electrons. The predicted octanol–water partition coefficient (Wildman–Crippen LogP) is 1.06. The van der Waals surface area contributed by atoms with Crippen molar-refractivity contribution in [2.45, 2.75) is 6.92 Å². The van der Waals surface area contributed by atoms with Gasteiger partial charge in [0.15, 0.2) is 0 Å². The smallest absolute Gasteiger partial charge is 0.339 e. The van der Waals surface area contributed by atoms with E-state index in [9.17, 15) is 19.5 Å². The van der Waals surface area contributed by atoms with Gasteiger partial charge in [0.25, 0.3) is 5.91 Å². The number of aromatic hydroxyl groups is 1. The molecule has 0 spiro atoms. The van der Waals surface area contributed by atoms with Crippen molar-refractivity contribution >= 4 is 23.5 Å². The summed E-state index contributed by atoms with van der Waals surface area (Å²) >= 11 is 0. The SMILES string of the molecule is C/C(=C\C(=O)O)C(=O)Nc1ccc(C(=O)O)c(O)c1. The number of anilines is 1. The first-order valence-corrected chi connectivity index (χ1v) is 5.10. The summed E-state index contributed by atoms with van der Waals surface area (Å²) in [4.78, 5) is 32.6. The van der Waals surface area contributed by atoms with Gasteiger partial charge in [-0.3, -0.25) is 4.79 Å². The molecule has 0 saturated carbocycles. The first-order chi connectivity index (χ1) is 8.81. The molecule has 1 aromatic carbocycles. The van der Waals surface area contributed by atoms with Crippen LogP contribution in [0.4, 0.5) is 5.69 Å². The number of carbonyl (C=O) groups excluding carboxylic acids is 1. The summed E-state index contributed by atoms with van der Waals surface area (Å²) in [6.07, 6.45) is 0.737. The summed E-state index contributed by atoms with van der Waals surface area (Å²) in [5.41, 5.74) is -0.171. The molecule has 0 aliphatic carbocycles.